The molecule has 0 aromatic rings. The SMILES string of the molecule is CCCCCCCC(Cl)(Cl)CCCCCCC.ClCCl.ClCCl. The second-order valence-electron chi connectivity index (χ2n) is 5.39. The highest BCUT2D eigenvalue weighted by Gasteiger charge is 2.22. The molecule has 0 heterocycles. The normalized spacial score (nSPS) is 10.4. The summed E-state index contributed by atoms with van der Waals surface area (Å²) in [6.45, 7) is 4.48. The molecule has 0 unspecified atom stereocenters. The smallest absolute Gasteiger partial charge is 0.109 e. The molecule has 144 valence electrons. The average Bonchev–Trinajstić information content (AvgIpc) is 2.48. The molecule has 0 saturated heterocycles. The molecule has 6 heteroatoms. The molecule has 0 aliphatic carbocycles. The van der Waals surface area contributed by atoms with Gasteiger partial charge in [-0.1, -0.05) is 78.1 Å². The van der Waals surface area contributed by atoms with E-state index in [1.165, 1.54) is 64.2 Å². The van der Waals surface area contributed by atoms with Gasteiger partial charge in [-0.25, -0.2) is 0 Å². The summed E-state index contributed by atoms with van der Waals surface area (Å²) in [5, 5.41) is 0.389. The van der Waals surface area contributed by atoms with Crippen molar-refractivity contribution in [2.24, 2.45) is 0 Å². The highest BCUT2D eigenvalue weighted by atomic mass is 35.5. The Bertz CT molecular complexity index is 170. The number of halogens is 6. The van der Waals surface area contributed by atoms with Gasteiger partial charge in [-0.2, -0.15) is 0 Å². The first kappa shape index (κ1) is 29.5. The molecule has 0 aliphatic heterocycles. The predicted octanol–water partition coefficient (Wildman–Crippen LogP) is 9.72. The number of hydrogen-bond donors (Lipinski definition) is 0. The van der Waals surface area contributed by atoms with Crippen LogP contribution in [0.5, 0.6) is 0 Å². The Labute approximate surface area is 174 Å². The van der Waals surface area contributed by atoms with Gasteiger partial charge in [0.05, 0.1) is 10.7 Å². The Balaban J connectivity index is -0.000000573. The molecule has 0 rings (SSSR count). The van der Waals surface area contributed by atoms with E-state index in [9.17, 15) is 0 Å². The molecule has 0 aromatic heterocycles. The largest absolute Gasteiger partial charge is 0.118 e. The first-order valence-electron chi connectivity index (χ1n) is 8.57. The monoisotopic (exact) mass is 448 g/mol. The molecular weight excluding hydrogens is 417 g/mol. The highest BCUT2D eigenvalue weighted by Crippen LogP contribution is 2.33. The Kier molecular flexibility index (Phi) is 33.3. The summed E-state index contributed by atoms with van der Waals surface area (Å²) < 4.78 is -0.460. The van der Waals surface area contributed by atoms with Gasteiger partial charge < -0.3 is 0 Å². The highest BCUT2D eigenvalue weighted by molar-refractivity contribution is 6.48. The maximum absolute atomic E-state index is 6.33. The molecule has 0 bridgehead atoms. The van der Waals surface area contributed by atoms with Crippen LogP contribution < -0.4 is 0 Å². The minimum Gasteiger partial charge on any atom is -0.109 e. The molecule has 0 fully saturated rings. The topological polar surface area (TPSA) is 0 Å². The van der Waals surface area contributed by atoms with Crippen molar-refractivity contribution in [3.63, 3.8) is 0 Å². The van der Waals surface area contributed by atoms with E-state index in [1.807, 2.05) is 0 Å². The molecule has 0 N–H and O–H groups in total. The molecule has 0 radical (unpaired) electrons. The molecule has 0 saturated carbocycles. The lowest BCUT2D eigenvalue weighted by molar-refractivity contribution is 0.522. The van der Waals surface area contributed by atoms with Crippen molar-refractivity contribution >= 4 is 69.6 Å². The summed E-state index contributed by atoms with van der Waals surface area (Å²) in [5.74, 6) is 0. The summed E-state index contributed by atoms with van der Waals surface area (Å²) in [7, 11) is 0. The van der Waals surface area contributed by atoms with Crippen LogP contribution >= 0.6 is 69.6 Å². The van der Waals surface area contributed by atoms with Crippen molar-refractivity contribution in [2.75, 3.05) is 10.7 Å². The van der Waals surface area contributed by atoms with Gasteiger partial charge in [0, 0.05) is 0 Å². The second kappa shape index (κ2) is 26.0. The van der Waals surface area contributed by atoms with E-state index in [1.54, 1.807) is 0 Å². The van der Waals surface area contributed by atoms with E-state index >= 15 is 0 Å². The molecule has 0 amide bonds. The van der Waals surface area contributed by atoms with E-state index in [4.69, 9.17) is 69.6 Å². The predicted molar refractivity (Wildman–Crippen MR) is 114 cm³/mol. The van der Waals surface area contributed by atoms with Crippen molar-refractivity contribution in [3.05, 3.63) is 0 Å². The number of rotatable bonds is 12. The van der Waals surface area contributed by atoms with Crippen molar-refractivity contribution in [3.8, 4) is 0 Å². The third kappa shape index (κ3) is 35.7. The van der Waals surface area contributed by atoms with Crippen LogP contribution in [-0.2, 0) is 0 Å². The van der Waals surface area contributed by atoms with Gasteiger partial charge in [0.2, 0.25) is 0 Å². The van der Waals surface area contributed by atoms with Crippen LogP contribution in [0.25, 0.3) is 0 Å². The Morgan fingerprint density at radius 3 is 1.04 bits per heavy atom. The fourth-order valence-electron chi connectivity index (χ4n) is 2.10. The van der Waals surface area contributed by atoms with E-state index in [2.05, 4.69) is 13.8 Å². The molecule has 0 atom stereocenters. The summed E-state index contributed by atoms with van der Waals surface area (Å²) in [6.07, 6.45) is 14.8. The van der Waals surface area contributed by atoms with Gasteiger partial charge in [-0.3, -0.25) is 0 Å². The first-order chi connectivity index (χ1) is 10.9. The van der Waals surface area contributed by atoms with Gasteiger partial charge in [-0.15, -0.1) is 69.6 Å². The van der Waals surface area contributed by atoms with Crippen LogP contribution in [-0.4, -0.2) is 15.0 Å². The lowest BCUT2D eigenvalue weighted by atomic mass is 10.0. The summed E-state index contributed by atoms with van der Waals surface area (Å²) >= 11 is 31.7. The van der Waals surface area contributed by atoms with Crippen LogP contribution in [0.15, 0.2) is 0 Å². The van der Waals surface area contributed by atoms with Crippen molar-refractivity contribution in [1.82, 2.24) is 0 Å². The Morgan fingerprint density at radius 2 is 0.783 bits per heavy atom. The van der Waals surface area contributed by atoms with Crippen LogP contribution in [0.4, 0.5) is 0 Å². The van der Waals surface area contributed by atoms with Crippen molar-refractivity contribution in [1.29, 1.82) is 0 Å². The third-order valence-electron chi connectivity index (χ3n) is 3.29. The van der Waals surface area contributed by atoms with Gasteiger partial charge in [0.15, 0.2) is 0 Å². The number of alkyl halides is 6. The summed E-state index contributed by atoms with van der Waals surface area (Å²) in [6, 6.07) is 0. The zero-order valence-corrected chi connectivity index (χ0v) is 19.2. The maximum atomic E-state index is 6.33. The fourth-order valence-corrected chi connectivity index (χ4v) is 2.63. The van der Waals surface area contributed by atoms with E-state index in [0.29, 0.717) is 0 Å². The zero-order chi connectivity index (χ0) is 18.4. The van der Waals surface area contributed by atoms with E-state index in [-0.39, 0.29) is 10.7 Å². The van der Waals surface area contributed by atoms with Crippen LogP contribution in [0.3, 0.4) is 0 Å². The number of hydrogen-bond acceptors (Lipinski definition) is 0. The van der Waals surface area contributed by atoms with Gasteiger partial charge >= 0.3 is 0 Å². The molecule has 0 nitrogen and oxygen atoms in total. The standard InChI is InChI=1S/C15H30Cl2.2CH2Cl2/c1-3-5-7-9-11-13-15(16,17)14-12-10-8-6-4-2;2*2-1-3/h3-14H2,1-2H3;2*1H2. The van der Waals surface area contributed by atoms with Gasteiger partial charge in [0.25, 0.3) is 0 Å². The molecule has 0 aromatic carbocycles. The minimum atomic E-state index is -0.460. The van der Waals surface area contributed by atoms with E-state index < -0.39 is 4.33 Å². The van der Waals surface area contributed by atoms with Crippen molar-refractivity contribution < 1.29 is 0 Å². The lowest BCUT2D eigenvalue weighted by Gasteiger charge is -2.19. The van der Waals surface area contributed by atoms with E-state index in [0.717, 1.165) is 12.8 Å². The summed E-state index contributed by atoms with van der Waals surface area (Å²) in [4.78, 5) is 0. The lowest BCUT2D eigenvalue weighted by Crippen LogP contribution is -2.12. The molecular formula is C17H34Cl6. The Morgan fingerprint density at radius 1 is 0.522 bits per heavy atom. The van der Waals surface area contributed by atoms with Crippen molar-refractivity contribution in [2.45, 2.75) is 95.2 Å². The van der Waals surface area contributed by atoms with Crippen LogP contribution in [0.2, 0.25) is 0 Å². The first-order valence-corrected chi connectivity index (χ1v) is 11.5. The molecule has 0 spiro atoms. The number of unbranched alkanes of at least 4 members (excludes halogenated alkanes) is 8. The van der Waals surface area contributed by atoms with Crippen LogP contribution in [0, 0.1) is 0 Å². The molecule has 23 heavy (non-hydrogen) atoms. The zero-order valence-electron chi connectivity index (χ0n) is 14.7. The minimum absolute atomic E-state index is 0.194. The van der Waals surface area contributed by atoms with Gasteiger partial charge in [-0.05, 0) is 12.8 Å². The average molecular weight is 451 g/mol. The fraction of sp³-hybridized carbons (Fsp3) is 1.00. The summed E-state index contributed by atoms with van der Waals surface area (Å²) in [5.41, 5.74) is 0. The molecule has 0 aliphatic rings. The quantitative estimate of drug-likeness (QED) is 0.205. The maximum Gasteiger partial charge on any atom is 0.118 e. The Hall–Kier alpha value is 1.74. The third-order valence-corrected chi connectivity index (χ3v) is 4.05. The van der Waals surface area contributed by atoms with Gasteiger partial charge in [0.1, 0.15) is 4.33 Å². The second-order valence-corrected chi connectivity index (χ2v) is 8.64. The van der Waals surface area contributed by atoms with Crippen LogP contribution in [0.1, 0.15) is 90.9 Å².